The third-order valence-corrected chi connectivity index (χ3v) is 5.00. The minimum absolute atomic E-state index is 0.189. The van der Waals surface area contributed by atoms with Gasteiger partial charge in [0.2, 0.25) is 0 Å². The number of nitrogens with zero attached hydrogens (tertiary/aromatic N) is 2. The van der Waals surface area contributed by atoms with E-state index in [0.717, 1.165) is 0 Å². The molecular formula is C14H17ClN2O7S. The lowest BCUT2D eigenvalue weighted by Crippen LogP contribution is -2.27. The lowest BCUT2D eigenvalue weighted by atomic mass is 9.99. The van der Waals surface area contributed by atoms with E-state index in [2.05, 4.69) is 10.2 Å². The molecule has 11 heteroatoms. The maximum absolute atomic E-state index is 11.9. The predicted octanol–water partition coefficient (Wildman–Crippen LogP) is 2.64. The highest BCUT2D eigenvalue weighted by molar-refractivity contribution is 7.86. The lowest BCUT2D eigenvalue weighted by molar-refractivity contribution is -0.149. The summed E-state index contributed by atoms with van der Waals surface area (Å²) in [4.78, 5) is 21.3. The van der Waals surface area contributed by atoms with Crippen LogP contribution in [0.25, 0.3) is 0 Å². The number of azo groups is 1. The second-order valence-electron chi connectivity index (χ2n) is 5.05. The van der Waals surface area contributed by atoms with Crippen LogP contribution in [0.3, 0.4) is 0 Å². The molecule has 0 saturated heterocycles. The summed E-state index contributed by atoms with van der Waals surface area (Å²) in [6.07, 6.45) is 0.389. The molecule has 0 saturated carbocycles. The van der Waals surface area contributed by atoms with Gasteiger partial charge in [0.05, 0.1) is 0 Å². The van der Waals surface area contributed by atoms with Crippen molar-refractivity contribution in [2.75, 3.05) is 0 Å². The molecule has 1 rings (SSSR count). The Hall–Kier alpha value is -2.04. The van der Waals surface area contributed by atoms with Crippen molar-refractivity contribution in [2.45, 2.75) is 44.6 Å². The zero-order valence-electron chi connectivity index (χ0n) is 13.6. The van der Waals surface area contributed by atoms with Crippen molar-refractivity contribution < 1.29 is 32.8 Å². The normalized spacial score (nSPS) is 12.1. The Bertz CT molecular complexity index is 835. The minimum Gasteiger partial charge on any atom is -0.479 e. The van der Waals surface area contributed by atoms with Gasteiger partial charge < -0.3 is 10.2 Å². The van der Waals surface area contributed by atoms with Crippen LogP contribution in [-0.2, 0) is 32.5 Å². The van der Waals surface area contributed by atoms with E-state index >= 15 is 0 Å². The second-order valence-corrected chi connectivity index (χ2v) is 6.79. The highest BCUT2D eigenvalue weighted by Gasteiger charge is 2.29. The van der Waals surface area contributed by atoms with E-state index in [1.165, 1.54) is 0 Å². The van der Waals surface area contributed by atoms with E-state index in [1.807, 2.05) is 0 Å². The van der Waals surface area contributed by atoms with Gasteiger partial charge in [0.25, 0.3) is 16.2 Å². The Kier molecular flexibility index (Phi) is 6.63. The van der Waals surface area contributed by atoms with E-state index in [1.54, 1.807) is 20.8 Å². The third kappa shape index (κ3) is 4.33. The Balaban J connectivity index is 3.87. The average molecular weight is 393 g/mol. The molecule has 0 fully saturated rings. The summed E-state index contributed by atoms with van der Waals surface area (Å²) < 4.78 is 33.3. The fraction of sp³-hybridized carbons (Fsp3) is 0.429. The summed E-state index contributed by atoms with van der Waals surface area (Å²) in [5, 5.41) is 24.6. The third-order valence-electron chi connectivity index (χ3n) is 3.53. The van der Waals surface area contributed by atoms with Crippen LogP contribution in [0, 0.1) is 6.92 Å². The van der Waals surface area contributed by atoms with Crippen LogP contribution in [0.1, 0.15) is 30.5 Å². The monoisotopic (exact) mass is 392 g/mol. The van der Waals surface area contributed by atoms with E-state index in [0.29, 0.717) is 5.56 Å². The smallest absolute Gasteiger partial charge is 0.342 e. The van der Waals surface area contributed by atoms with Gasteiger partial charge in [-0.25, -0.2) is 9.59 Å². The Morgan fingerprint density at radius 2 is 1.60 bits per heavy atom. The Labute approximate surface area is 149 Å². The zero-order chi connectivity index (χ0) is 19.5. The molecule has 0 aliphatic rings. The van der Waals surface area contributed by atoms with Crippen LogP contribution < -0.4 is 0 Å². The highest BCUT2D eigenvalue weighted by Crippen LogP contribution is 2.40. The van der Waals surface area contributed by atoms with Crippen molar-refractivity contribution in [3.05, 3.63) is 21.7 Å². The molecule has 138 valence electrons. The topological polar surface area (TPSA) is 154 Å². The molecular weight excluding hydrogens is 376 g/mol. The maximum Gasteiger partial charge on any atom is 0.342 e. The van der Waals surface area contributed by atoms with Crippen LogP contribution in [-0.4, -0.2) is 41.2 Å². The molecule has 0 atom stereocenters. The molecule has 0 aliphatic heterocycles. The summed E-state index contributed by atoms with van der Waals surface area (Å²) >= 11 is 6.23. The zero-order valence-corrected chi connectivity index (χ0v) is 15.2. The SMILES string of the molecule is CCc1c(Cl)c(C)c(CC)c(S(=O)(=O)O)c1N=NC(C(=O)O)C(=O)O. The molecule has 1 aromatic carbocycles. The first-order valence-electron chi connectivity index (χ1n) is 7.14. The molecule has 25 heavy (non-hydrogen) atoms. The largest absolute Gasteiger partial charge is 0.479 e. The molecule has 0 aliphatic carbocycles. The number of hydrogen-bond acceptors (Lipinski definition) is 6. The molecule has 0 unspecified atom stereocenters. The number of carbonyl (C=O) groups is 2. The van der Waals surface area contributed by atoms with Gasteiger partial charge in [-0.05, 0) is 36.5 Å². The van der Waals surface area contributed by atoms with E-state index in [9.17, 15) is 22.6 Å². The lowest BCUT2D eigenvalue weighted by Gasteiger charge is -2.17. The van der Waals surface area contributed by atoms with Gasteiger partial charge in [0, 0.05) is 5.02 Å². The van der Waals surface area contributed by atoms with Gasteiger partial charge in [0.15, 0.2) is 0 Å². The van der Waals surface area contributed by atoms with Gasteiger partial charge in [-0.3, -0.25) is 4.55 Å². The van der Waals surface area contributed by atoms with E-state index in [-0.39, 0.29) is 34.7 Å². The van der Waals surface area contributed by atoms with E-state index < -0.39 is 33.0 Å². The molecule has 0 bridgehead atoms. The summed E-state index contributed by atoms with van der Waals surface area (Å²) in [7, 11) is -4.74. The Morgan fingerprint density at radius 1 is 1.12 bits per heavy atom. The van der Waals surface area contributed by atoms with Gasteiger partial charge >= 0.3 is 11.9 Å². The van der Waals surface area contributed by atoms with Crippen LogP contribution in [0.2, 0.25) is 5.02 Å². The molecule has 9 nitrogen and oxygen atoms in total. The molecule has 0 aromatic heterocycles. The van der Waals surface area contributed by atoms with Crippen LogP contribution in [0.5, 0.6) is 0 Å². The summed E-state index contributed by atoms with van der Waals surface area (Å²) in [5.74, 6) is -3.53. The number of halogens is 1. The number of aliphatic carboxylic acids is 2. The number of carboxylic acid groups (broad SMARTS) is 2. The molecule has 0 amide bonds. The molecule has 3 N–H and O–H groups in total. The van der Waals surface area contributed by atoms with Crippen molar-refractivity contribution in [3.8, 4) is 0 Å². The van der Waals surface area contributed by atoms with E-state index in [4.69, 9.17) is 21.8 Å². The summed E-state index contributed by atoms with van der Waals surface area (Å²) in [6, 6.07) is -2.22. The molecule has 0 spiro atoms. The van der Waals surface area contributed by atoms with Crippen LogP contribution in [0.15, 0.2) is 15.1 Å². The maximum atomic E-state index is 11.9. The van der Waals surface area contributed by atoms with Gasteiger partial charge in [-0.1, -0.05) is 25.4 Å². The van der Waals surface area contributed by atoms with Crippen molar-refractivity contribution in [1.29, 1.82) is 0 Å². The van der Waals surface area contributed by atoms with Crippen LogP contribution in [0.4, 0.5) is 5.69 Å². The van der Waals surface area contributed by atoms with Gasteiger partial charge in [-0.2, -0.15) is 18.6 Å². The average Bonchev–Trinajstić information content (AvgIpc) is 2.48. The first-order valence-corrected chi connectivity index (χ1v) is 8.96. The van der Waals surface area contributed by atoms with Gasteiger partial charge in [0.1, 0.15) is 10.6 Å². The summed E-state index contributed by atoms with van der Waals surface area (Å²) in [6.45, 7) is 4.86. The fourth-order valence-corrected chi connectivity index (χ4v) is 3.72. The first kappa shape index (κ1) is 21.0. The number of carboxylic acids is 2. The first-order chi connectivity index (χ1) is 11.5. The number of hydrogen-bond donors (Lipinski definition) is 3. The number of rotatable bonds is 7. The quantitative estimate of drug-likeness (QED) is 0.366. The predicted molar refractivity (Wildman–Crippen MR) is 88.3 cm³/mol. The van der Waals surface area contributed by atoms with Gasteiger partial charge in [-0.15, -0.1) is 0 Å². The highest BCUT2D eigenvalue weighted by atomic mass is 35.5. The van der Waals surface area contributed by atoms with Crippen molar-refractivity contribution in [3.63, 3.8) is 0 Å². The summed E-state index contributed by atoms with van der Waals surface area (Å²) in [5.41, 5.74) is 0.480. The number of benzene rings is 1. The van der Waals surface area contributed by atoms with Crippen molar-refractivity contribution >= 4 is 39.3 Å². The molecule has 1 aromatic rings. The molecule has 0 heterocycles. The second kappa shape index (κ2) is 7.89. The standard InChI is InChI=1S/C14H17ClN2O7S/c1-4-7-6(3)9(15)8(5-2)10(12(7)25(22,23)24)16-17-11(13(18)19)14(20)21/h11H,4-5H2,1-3H3,(H,18,19)(H,20,21)(H,22,23,24). The van der Waals surface area contributed by atoms with Crippen molar-refractivity contribution in [1.82, 2.24) is 0 Å². The Morgan fingerprint density at radius 3 is 1.96 bits per heavy atom. The minimum atomic E-state index is -4.74. The van der Waals surface area contributed by atoms with Crippen molar-refractivity contribution in [2.24, 2.45) is 10.2 Å². The van der Waals surface area contributed by atoms with Crippen LogP contribution >= 0.6 is 11.6 Å². The molecule has 0 radical (unpaired) electrons. The fourth-order valence-electron chi connectivity index (χ4n) is 2.36.